The van der Waals surface area contributed by atoms with Gasteiger partial charge in [0.05, 0.1) is 4.90 Å². The molecule has 0 unspecified atom stereocenters. The molecule has 1 heterocycles. The van der Waals surface area contributed by atoms with E-state index >= 15 is 0 Å². The molecule has 1 saturated heterocycles. The molecule has 0 aliphatic carbocycles. The summed E-state index contributed by atoms with van der Waals surface area (Å²) in [5.41, 5.74) is 1.66. The first-order valence-corrected chi connectivity index (χ1v) is 10.3. The number of benzene rings is 2. The molecule has 1 fully saturated rings. The number of sulfonamides is 1. The standard InChI is InChI=1S/C20H24N2O3S/c1-17-6-5-9-19(16-17)26(24,25)22-14-12-21(13-15-22)11-10-20(23)18-7-3-2-4-8-18/h2-9,16H,10-15H2,1H3. The van der Waals surface area contributed by atoms with Gasteiger partial charge in [-0.25, -0.2) is 8.42 Å². The average Bonchev–Trinajstić information content (AvgIpc) is 2.67. The third-order valence-electron chi connectivity index (χ3n) is 4.71. The fourth-order valence-corrected chi connectivity index (χ4v) is 4.67. The molecule has 6 heteroatoms. The van der Waals surface area contributed by atoms with Crippen molar-refractivity contribution in [3.63, 3.8) is 0 Å². The Morgan fingerprint density at radius 2 is 1.65 bits per heavy atom. The Balaban J connectivity index is 1.53. The van der Waals surface area contributed by atoms with Crippen LogP contribution < -0.4 is 0 Å². The molecule has 5 nitrogen and oxygen atoms in total. The van der Waals surface area contributed by atoms with Gasteiger partial charge in [-0.15, -0.1) is 0 Å². The maximum Gasteiger partial charge on any atom is 0.243 e. The highest BCUT2D eigenvalue weighted by atomic mass is 32.2. The van der Waals surface area contributed by atoms with E-state index in [9.17, 15) is 13.2 Å². The normalized spacial score (nSPS) is 16.5. The van der Waals surface area contributed by atoms with Crippen molar-refractivity contribution in [3.8, 4) is 0 Å². The van der Waals surface area contributed by atoms with E-state index < -0.39 is 10.0 Å². The fourth-order valence-electron chi connectivity index (χ4n) is 3.15. The van der Waals surface area contributed by atoms with Crippen molar-refractivity contribution < 1.29 is 13.2 Å². The third kappa shape index (κ3) is 4.38. The maximum absolute atomic E-state index is 12.8. The number of carbonyl (C=O) groups excluding carboxylic acids is 1. The Morgan fingerprint density at radius 1 is 0.962 bits per heavy atom. The Labute approximate surface area is 155 Å². The highest BCUT2D eigenvalue weighted by molar-refractivity contribution is 7.89. The van der Waals surface area contributed by atoms with Gasteiger partial charge < -0.3 is 4.90 Å². The molecular formula is C20H24N2O3S. The number of hydrogen-bond acceptors (Lipinski definition) is 4. The van der Waals surface area contributed by atoms with Crippen molar-refractivity contribution in [2.24, 2.45) is 0 Å². The van der Waals surface area contributed by atoms with Gasteiger partial charge in [-0.2, -0.15) is 4.31 Å². The molecule has 1 aliphatic rings. The second-order valence-corrected chi connectivity index (χ2v) is 8.54. The smallest absolute Gasteiger partial charge is 0.243 e. The van der Waals surface area contributed by atoms with Crippen LogP contribution in [0.1, 0.15) is 22.3 Å². The summed E-state index contributed by atoms with van der Waals surface area (Å²) in [5, 5.41) is 0. The quantitative estimate of drug-likeness (QED) is 0.732. The van der Waals surface area contributed by atoms with Crippen molar-refractivity contribution in [3.05, 3.63) is 65.7 Å². The van der Waals surface area contributed by atoms with Crippen molar-refractivity contribution in [2.75, 3.05) is 32.7 Å². The zero-order chi connectivity index (χ0) is 18.6. The summed E-state index contributed by atoms with van der Waals surface area (Å²) in [6, 6.07) is 16.3. The summed E-state index contributed by atoms with van der Waals surface area (Å²) < 4.78 is 27.0. The second-order valence-electron chi connectivity index (χ2n) is 6.60. The number of aryl methyl sites for hydroxylation is 1. The lowest BCUT2D eigenvalue weighted by Crippen LogP contribution is -2.48. The zero-order valence-corrected chi connectivity index (χ0v) is 15.8. The number of ketones is 1. The van der Waals surface area contributed by atoms with Crippen LogP contribution in [-0.2, 0) is 10.0 Å². The summed E-state index contributed by atoms with van der Waals surface area (Å²) in [6.45, 7) is 4.75. The Kier molecular flexibility index (Phi) is 5.86. The molecule has 3 rings (SSSR count). The van der Waals surface area contributed by atoms with E-state index in [1.807, 2.05) is 43.3 Å². The van der Waals surface area contributed by atoms with Crippen LogP contribution in [0.3, 0.4) is 0 Å². The molecule has 0 atom stereocenters. The predicted octanol–water partition coefficient (Wildman–Crippen LogP) is 2.57. The molecule has 138 valence electrons. The lowest BCUT2D eigenvalue weighted by Gasteiger charge is -2.33. The lowest BCUT2D eigenvalue weighted by molar-refractivity contribution is 0.0952. The van der Waals surface area contributed by atoms with Crippen LogP contribution in [0, 0.1) is 6.92 Å². The van der Waals surface area contributed by atoms with E-state index in [2.05, 4.69) is 4.90 Å². The SMILES string of the molecule is Cc1cccc(S(=O)(=O)N2CCN(CCC(=O)c3ccccc3)CC2)c1. The van der Waals surface area contributed by atoms with E-state index in [-0.39, 0.29) is 5.78 Å². The molecule has 0 bridgehead atoms. The highest BCUT2D eigenvalue weighted by Gasteiger charge is 2.28. The number of hydrogen-bond donors (Lipinski definition) is 0. The van der Waals surface area contributed by atoms with Gasteiger partial charge in [0.25, 0.3) is 0 Å². The Hall–Kier alpha value is -2.02. The summed E-state index contributed by atoms with van der Waals surface area (Å²) in [5.74, 6) is 0.125. The number of Topliss-reactive ketones (excluding diaryl/α,β-unsaturated/α-hetero) is 1. The molecule has 0 aromatic heterocycles. The molecule has 0 N–H and O–H groups in total. The van der Waals surface area contributed by atoms with Crippen LogP contribution in [0.25, 0.3) is 0 Å². The molecule has 0 amide bonds. The number of rotatable bonds is 6. The van der Waals surface area contributed by atoms with Crippen molar-refractivity contribution >= 4 is 15.8 Å². The summed E-state index contributed by atoms with van der Waals surface area (Å²) in [7, 11) is -3.44. The first kappa shape index (κ1) is 18.8. The minimum absolute atomic E-state index is 0.125. The molecule has 2 aromatic carbocycles. The number of piperazine rings is 1. The van der Waals surface area contributed by atoms with Crippen LogP contribution in [0.15, 0.2) is 59.5 Å². The minimum Gasteiger partial charge on any atom is -0.300 e. The zero-order valence-electron chi connectivity index (χ0n) is 15.0. The second kappa shape index (κ2) is 8.12. The van der Waals surface area contributed by atoms with E-state index in [0.29, 0.717) is 44.0 Å². The number of nitrogens with zero attached hydrogens (tertiary/aromatic N) is 2. The Morgan fingerprint density at radius 3 is 2.31 bits per heavy atom. The molecule has 2 aromatic rings. The molecule has 26 heavy (non-hydrogen) atoms. The minimum atomic E-state index is -3.44. The van der Waals surface area contributed by atoms with Gasteiger partial charge in [-0.3, -0.25) is 4.79 Å². The summed E-state index contributed by atoms with van der Waals surface area (Å²) in [6.07, 6.45) is 0.453. The van der Waals surface area contributed by atoms with Crippen LogP contribution in [0.4, 0.5) is 0 Å². The summed E-state index contributed by atoms with van der Waals surface area (Å²) >= 11 is 0. The van der Waals surface area contributed by atoms with Crippen molar-refractivity contribution in [1.82, 2.24) is 9.21 Å². The van der Waals surface area contributed by atoms with E-state index in [1.54, 1.807) is 18.2 Å². The molecule has 0 saturated carbocycles. The van der Waals surface area contributed by atoms with Crippen LogP contribution in [0.5, 0.6) is 0 Å². The van der Waals surface area contributed by atoms with Gasteiger partial charge in [0.1, 0.15) is 0 Å². The number of carbonyl (C=O) groups is 1. The fraction of sp³-hybridized carbons (Fsp3) is 0.350. The predicted molar refractivity (Wildman–Crippen MR) is 102 cm³/mol. The van der Waals surface area contributed by atoms with Gasteiger partial charge in [0.2, 0.25) is 10.0 Å². The lowest BCUT2D eigenvalue weighted by atomic mass is 10.1. The third-order valence-corrected chi connectivity index (χ3v) is 6.60. The van der Waals surface area contributed by atoms with Crippen LogP contribution >= 0.6 is 0 Å². The van der Waals surface area contributed by atoms with Gasteiger partial charge >= 0.3 is 0 Å². The van der Waals surface area contributed by atoms with Crippen molar-refractivity contribution in [2.45, 2.75) is 18.2 Å². The maximum atomic E-state index is 12.8. The largest absolute Gasteiger partial charge is 0.300 e. The van der Waals surface area contributed by atoms with Gasteiger partial charge in [-0.05, 0) is 24.6 Å². The molecular weight excluding hydrogens is 348 g/mol. The average molecular weight is 372 g/mol. The first-order chi connectivity index (χ1) is 12.5. The van der Waals surface area contributed by atoms with Gasteiger partial charge in [0.15, 0.2) is 5.78 Å². The first-order valence-electron chi connectivity index (χ1n) is 8.84. The molecule has 1 aliphatic heterocycles. The van der Waals surface area contributed by atoms with Crippen LogP contribution in [-0.4, -0.2) is 56.1 Å². The van der Waals surface area contributed by atoms with Crippen LogP contribution in [0.2, 0.25) is 0 Å². The molecule has 0 radical (unpaired) electrons. The van der Waals surface area contributed by atoms with Crippen molar-refractivity contribution in [1.29, 1.82) is 0 Å². The van der Waals surface area contributed by atoms with Gasteiger partial charge in [-0.1, -0.05) is 42.5 Å². The topological polar surface area (TPSA) is 57.7 Å². The highest BCUT2D eigenvalue weighted by Crippen LogP contribution is 2.19. The molecule has 0 spiro atoms. The monoisotopic (exact) mass is 372 g/mol. The van der Waals surface area contributed by atoms with E-state index in [0.717, 1.165) is 11.1 Å². The van der Waals surface area contributed by atoms with E-state index in [1.165, 1.54) is 4.31 Å². The van der Waals surface area contributed by atoms with Gasteiger partial charge in [0, 0.05) is 44.7 Å². The van der Waals surface area contributed by atoms with E-state index in [4.69, 9.17) is 0 Å². The Bertz CT molecular complexity index is 858. The summed E-state index contributed by atoms with van der Waals surface area (Å²) in [4.78, 5) is 14.7.